The van der Waals surface area contributed by atoms with Gasteiger partial charge in [0.2, 0.25) is 0 Å². The van der Waals surface area contributed by atoms with Crippen molar-refractivity contribution in [1.82, 2.24) is 10.2 Å². The van der Waals surface area contributed by atoms with Crippen molar-refractivity contribution >= 4 is 0 Å². The van der Waals surface area contributed by atoms with Crippen molar-refractivity contribution in [3.8, 4) is 0 Å². The van der Waals surface area contributed by atoms with E-state index in [-0.39, 0.29) is 6.61 Å². The highest BCUT2D eigenvalue weighted by atomic mass is 16.3. The molecule has 0 spiro atoms. The van der Waals surface area contributed by atoms with Crippen LogP contribution in [0.2, 0.25) is 0 Å². The number of piperidine rings is 1. The minimum Gasteiger partial charge on any atom is -0.392 e. The molecule has 128 valence electrons. The summed E-state index contributed by atoms with van der Waals surface area (Å²) >= 11 is 0. The van der Waals surface area contributed by atoms with Gasteiger partial charge in [-0.1, -0.05) is 43.5 Å². The van der Waals surface area contributed by atoms with Gasteiger partial charge in [0, 0.05) is 12.1 Å². The Bertz CT molecular complexity index is 445. The van der Waals surface area contributed by atoms with Crippen LogP contribution in [-0.2, 0) is 13.0 Å². The molecule has 0 bridgehead atoms. The Hall–Kier alpha value is -0.900. The van der Waals surface area contributed by atoms with Crippen LogP contribution in [0.4, 0.5) is 0 Å². The van der Waals surface area contributed by atoms with Gasteiger partial charge in [-0.3, -0.25) is 0 Å². The normalized spacial score (nSPS) is 21.6. The van der Waals surface area contributed by atoms with Gasteiger partial charge in [0.15, 0.2) is 0 Å². The molecule has 1 aromatic rings. The number of benzene rings is 1. The van der Waals surface area contributed by atoms with Gasteiger partial charge in [-0.15, -0.1) is 0 Å². The summed E-state index contributed by atoms with van der Waals surface area (Å²) in [7, 11) is 0. The van der Waals surface area contributed by atoms with Gasteiger partial charge in [0.25, 0.3) is 0 Å². The molecule has 1 aliphatic carbocycles. The summed E-state index contributed by atoms with van der Waals surface area (Å²) in [4.78, 5) is 2.75. The van der Waals surface area contributed by atoms with E-state index in [1.54, 1.807) is 0 Å². The minimum absolute atomic E-state index is 0.137. The number of likely N-dealkylation sites (tertiary alicyclic amines) is 1. The lowest BCUT2D eigenvalue weighted by Gasteiger charge is -2.39. The molecule has 1 saturated carbocycles. The summed E-state index contributed by atoms with van der Waals surface area (Å²) < 4.78 is 0. The first-order valence-corrected chi connectivity index (χ1v) is 9.51. The predicted molar refractivity (Wildman–Crippen MR) is 95.5 cm³/mol. The Kier molecular flexibility index (Phi) is 6.49. The third-order valence-electron chi connectivity index (χ3n) is 5.67. The number of hydrogen-bond donors (Lipinski definition) is 2. The Morgan fingerprint density at radius 2 is 1.57 bits per heavy atom. The van der Waals surface area contributed by atoms with Gasteiger partial charge in [-0.2, -0.15) is 0 Å². The molecule has 0 aromatic heterocycles. The molecule has 2 aliphatic rings. The van der Waals surface area contributed by atoms with Gasteiger partial charge in [0.1, 0.15) is 0 Å². The third kappa shape index (κ3) is 5.03. The van der Waals surface area contributed by atoms with Crippen molar-refractivity contribution in [3.05, 3.63) is 35.4 Å². The van der Waals surface area contributed by atoms with Crippen LogP contribution in [0.25, 0.3) is 0 Å². The molecular weight excluding hydrogens is 284 g/mol. The lowest BCUT2D eigenvalue weighted by molar-refractivity contribution is 0.116. The fourth-order valence-electron chi connectivity index (χ4n) is 4.15. The summed E-state index contributed by atoms with van der Waals surface area (Å²) in [5, 5.41) is 12.8. The van der Waals surface area contributed by atoms with E-state index >= 15 is 0 Å². The van der Waals surface area contributed by atoms with Crippen LogP contribution in [0.5, 0.6) is 0 Å². The van der Waals surface area contributed by atoms with Gasteiger partial charge in [-0.05, 0) is 62.9 Å². The van der Waals surface area contributed by atoms with Crippen LogP contribution in [0, 0.1) is 0 Å². The van der Waals surface area contributed by atoms with Crippen molar-refractivity contribution in [2.75, 3.05) is 19.6 Å². The number of hydrogen-bond acceptors (Lipinski definition) is 3. The first-order valence-electron chi connectivity index (χ1n) is 9.51. The summed E-state index contributed by atoms with van der Waals surface area (Å²) in [6.45, 7) is 3.77. The lowest BCUT2D eigenvalue weighted by atomic mass is 9.92. The second-order valence-electron chi connectivity index (χ2n) is 7.28. The molecule has 0 unspecified atom stereocenters. The van der Waals surface area contributed by atoms with E-state index in [1.165, 1.54) is 63.6 Å². The molecule has 1 heterocycles. The zero-order valence-corrected chi connectivity index (χ0v) is 14.3. The highest BCUT2D eigenvalue weighted by Crippen LogP contribution is 2.25. The highest BCUT2D eigenvalue weighted by Gasteiger charge is 2.25. The first kappa shape index (κ1) is 16.9. The van der Waals surface area contributed by atoms with Crippen LogP contribution in [0.3, 0.4) is 0 Å². The number of aliphatic hydroxyl groups is 1. The molecule has 3 rings (SSSR count). The van der Waals surface area contributed by atoms with E-state index in [0.29, 0.717) is 6.04 Å². The van der Waals surface area contributed by atoms with Gasteiger partial charge < -0.3 is 15.3 Å². The molecule has 1 aliphatic heterocycles. The number of aliphatic hydroxyl groups excluding tert-OH is 1. The maximum Gasteiger partial charge on any atom is 0.0681 e. The Balaban J connectivity index is 1.34. The van der Waals surface area contributed by atoms with Crippen molar-refractivity contribution in [2.24, 2.45) is 0 Å². The summed E-state index contributed by atoms with van der Waals surface area (Å²) in [5.41, 5.74) is 2.35. The molecule has 23 heavy (non-hydrogen) atoms. The number of rotatable bonds is 6. The molecule has 1 saturated heterocycles. The Labute approximate surface area is 141 Å². The van der Waals surface area contributed by atoms with Crippen LogP contribution < -0.4 is 5.32 Å². The third-order valence-corrected chi connectivity index (χ3v) is 5.67. The van der Waals surface area contributed by atoms with E-state index in [2.05, 4.69) is 22.3 Å². The standard InChI is InChI=1S/C20H32N2O/c23-16-18-8-6-17(7-9-18)10-13-21-19-11-14-22(15-12-19)20-4-2-1-3-5-20/h6-9,19-21,23H,1-5,10-16H2. The van der Waals surface area contributed by atoms with Crippen molar-refractivity contribution in [1.29, 1.82) is 0 Å². The van der Waals surface area contributed by atoms with Crippen LogP contribution in [0.15, 0.2) is 24.3 Å². The van der Waals surface area contributed by atoms with E-state index < -0.39 is 0 Å². The van der Waals surface area contributed by atoms with E-state index in [9.17, 15) is 0 Å². The summed E-state index contributed by atoms with van der Waals surface area (Å²) in [5.74, 6) is 0. The highest BCUT2D eigenvalue weighted by molar-refractivity contribution is 5.22. The van der Waals surface area contributed by atoms with Crippen molar-refractivity contribution in [2.45, 2.75) is 70.1 Å². The zero-order chi connectivity index (χ0) is 15.9. The molecule has 3 heteroatoms. The summed E-state index contributed by atoms with van der Waals surface area (Å²) in [6, 6.07) is 9.91. The van der Waals surface area contributed by atoms with Gasteiger partial charge in [0.05, 0.1) is 6.61 Å². The second kappa shape index (κ2) is 8.81. The van der Waals surface area contributed by atoms with Crippen LogP contribution in [0.1, 0.15) is 56.1 Å². The molecule has 0 atom stereocenters. The topological polar surface area (TPSA) is 35.5 Å². The van der Waals surface area contributed by atoms with Gasteiger partial charge >= 0.3 is 0 Å². The molecule has 0 amide bonds. The van der Waals surface area contributed by atoms with Crippen LogP contribution in [-0.4, -0.2) is 41.7 Å². The fourth-order valence-corrected chi connectivity index (χ4v) is 4.15. The molecule has 0 radical (unpaired) electrons. The van der Waals surface area contributed by atoms with Crippen molar-refractivity contribution in [3.63, 3.8) is 0 Å². The van der Waals surface area contributed by atoms with E-state index in [4.69, 9.17) is 5.11 Å². The molecule has 3 nitrogen and oxygen atoms in total. The quantitative estimate of drug-likeness (QED) is 0.846. The largest absolute Gasteiger partial charge is 0.392 e. The number of nitrogens with zero attached hydrogens (tertiary/aromatic N) is 1. The maximum absolute atomic E-state index is 9.07. The average molecular weight is 316 g/mol. The molecule has 2 N–H and O–H groups in total. The van der Waals surface area contributed by atoms with Crippen molar-refractivity contribution < 1.29 is 5.11 Å². The molecular formula is C20H32N2O. The monoisotopic (exact) mass is 316 g/mol. The maximum atomic E-state index is 9.07. The zero-order valence-electron chi connectivity index (χ0n) is 14.3. The second-order valence-corrected chi connectivity index (χ2v) is 7.28. The van der Waals surface area contributed by atoms with E-state index in [1.807, 2.05) is 12.1 Å². The average Bonchev–Trinajstić information content (AvgIpc) is 2.64. The first-order chi connectivity index (χ1) is 11.3. The number of nitrogens with one attached hydrogen (secondary N) is 1. The summed E-state index contributed by atoms with van der Waals surface area (Å²) in [6.07, 6.45) is 10.9. The predicted octanol–water partition coefficient (Wildman–Crippen LogP) is 3.11. The fraction of sp³-hybridized carbons (Fsp3) is 0.700. The molecule has 2 fully saturated rings. The minimum atomic E-state index is 0.137. The molecule has 1 aromatic carbocycles. The van der Waals surface area contributed by atoms with E-state index in [0.717, 1.165) is 24.6 Å². The Morgan fingerprint density at radius 3 is 2.22 bits per heavy atom. The smallest absolute Gasteiger partial charge is 0.0681 e. The van der Waals surface area contributed by atoms with Crippen LogP contribution >= 0.6 is 0 Å². The Morgan fingerprint density at radius 1 is 0.913 bits per heavy atom. The SMILES string of the molecule is OCc1ccc(CCNC2CCN(C3CCCCC3)CC2)cc1. The lowest BCUT2D eigenvalue weighted by Crippen LogP contribution is -2.47. The van der Waals surface area contributed by atoms with Gasteiger partial charge in [-0.25, -0.2) is 0 Å².